The molecule has 5 aromatic rings. The Balaban J connectivity index is 1.40. The van der Waals surface area contributed by atoms with Crippen LogP contribution < -0.4 is 4.74 Å². The fourth-order valence-corrected chi connectivity index (χ4v) is 5.57. The SMILES string of the molecule is O=C(O)COc1ccc(SCC=C(c2ccc(-c3cccc(Cl)c3)cc2)c2ccc(-c3cccc(Cl)c3)cc2)cc1. The van der Waals surface area contributed by atoms with E-state index < -0.39 is 5.97 Å². The van der Waals surface area contributed by atoms with Gasteiger partial charge in [0.05, 0.1) is 0 Å². The third kappa shape index (κ3) is 7.83. The maximum Gasteiger partial charge on any atom is 0.341 e. The molecule has 0 aliphatic rings. The second kappa shape index (κ2) is 13.6. The monoisotopic (exact) mass is 596 g/mol. The highest BCUT2D eigenvalue weighted by atomic mass is 35.5. The van der Waals surface area contributed by atoms with E-state index in [1.54, 1.807) is 23.9 Å². The van der Waals surface area contributed by atoms with Crippen molar-refractivity contribution >= 4 is 46.5 Å². The van der Waals surface area contributed by atoms with E-state index in [1.165, 1.54) is 0 Å². The Hall–Kier alpha value is -3.96. The van der Waals surface area contributed by atoms with Crippen molar-refractivity contribution in [1.82, 2.24) is 0 Å². The number of carboxylic acid groups (broad SMARTS) is 1. The number of hydrogen-bond donors (Lipinski definition) is 1. The van der Waals surface area contributed by atoms with Gasteiger partial charge in [0.15, 0.2) is 6.61 Å². The van der Waals surface area contributed by atoms with E-state index in [4.69, 9.17) is 33.0 Å². The van der Waals surface area contributed by atoms with Crippen LogP contribution in [-0.2, 0) is 4.79 Å². The molecule has 0 fully saturated rings. The Labute approximate surface area is 254 Å². The van der Waals surface area contributed by atoms with E-state index in [-0.39, 0.29) is 6.61 Å². The first kappa shape index (κ1) is 28.6. The summed E-state index contributed by atoms with van der Waals surface area (Å²) in [5, 5.41) is 10.2. The number of ether oxygens (including phenoxy) is 1. The molecule has 0 saturated carbocycles. The molecule has 1 N–H and O–H groups in total. The maximum atomic E-state index is 10.7. The van der Waals surface area contributed by atoms with E-state index in [0.29, 0.717) is 15.8 Å². The third-order valence-electron chi connectivity index (χ3n) is 6.43. The molecule has 0 heterocycles. The largest absolute Gasteiger partial charge is 0.482 e. The Bertz CT molecular complexity index is 1570. The molecule has 0 saturated heterocycles. The van der Waals surface area contributed by atoms with Gasteiger partial charge in [0.2, 0.25) is 0 Å². The minimum absolute atomic E-state index is 0.356. The molecule has 3 nitrogen and oxygen atoms in total. The van der Waals surface area contributed by atoms with Crippen LogP contribution in [-0.4, -0.2) is 23.4 Å². The van der Waals surface area contributed by atoms with Crippen LogP contribution in [0.3, 0.4) is 0 Å². The summed E-state index contributed by atoms with van der Waals surface area (Å²) in [4.78, 5) is 11.8. The lowest BCUT2D eigenvalue weighted by atomic mass is 9.94. The summed E-state index contributed by atoms with van der Waals surface area (Å²) in [5.74, 6) is 0.284. The average molecular weight is 598 g/mol. The van der Waals surface area contributed by atoms with Crippen molar-refractivity contribution in [3.05, 3.63) is 149 Å². The Morgan fingerprint density at radius 3 is 1.66 bits per heavy atom. The average Bonchev–Trinajstić information content (AvgIpc) is 2.99. The van der Waals surface area contributed by atoms with Gasteiger partial charge in [0.1, 0.15) is 5.75 Å². The summed E-state index contributed by atoms with van der Waals surface area (Å²) in [7, 11) is 0. The highest BCUT2D eigenvalue weighted by Crippen LogP contribution is 2.31. The number of halogens is 2. The third-order valence-corrected chi connectivity index (χ3v) is 7.84. The molecule has 0 aliphatic heterocycles. The first-order valence-corrected chi connectivity index (χ1v) is 14.7. The van der Waals surface area contributed by atoms with Gasteiger partial charge in [0.25, 0.3) is 0 Å². The Morgan fingerprint density at radius 1 is 0.683 bits per heavy atom. The van der Waals surface area contributed by atoms with Gasteiger partial charge in [-0.3, -0.25) is 0 Å². The lowest BCUT2D eigenvalue weighted by Crippen LogP contribution is -2.09. The van der Waals surface area contributed by atoms with E-state index in [9.17, 15) is 4.79 Å². The number of aliphatic carboxylic acids is 1. The van der Waals surface area contributed by atoms with Crippen LogP contribution in [0.1, 0.15) is 11.1 Å². The molecule has 5 rings (SSSR count). The summed E-state index contributed by atoms with van der Waals surface area (Å²) in [6.07, 6.45) is 2.24. The summed E-state index contributed by atoms with van der Waals surface area (Å²) >= 11 is 14.1. The predicted octanol–water partition coefficient (Wildman–Crippen LogP) is 10.0. The predicted molar refractivity (Wildman–Crippen MR) is 171 cm³/mol. The summed E-state index contributed by atoms with van der Waals surface area (Å²) in [5.41, 5.74) is 7.72. The summed E-state index contributed by atoms with van der Waals surface area (Å²) in [6.45, 7) is -0.356. The van der Waals surface area contributed by atoms with Gasteiger partial charge in [0, 0.05) is 20.7 Å². The zero-order valence-electron chi connectivity index (χ0n) is 22.0. The van der Waals surface area contributed by atoms with Crippen LogP contribution in [0.5, 0.6) is 5.75 Å². The van der Waals surface area contributed by atoms with Gasteiger partial charge < -0.3 is 9.84 Å². The van der Waals surface area contributed by atoms with Crippen molar-refractivity contribution in [3.63, 3.8) is 0 Å². The van der Waals surface area contributed by atoms with Gasteiger partial charge in [-0.25, -0.2) is 4.79 Å². The summed E-state index contributed by atoms with van der Waals surface area (Å²) in [6, 6.07) is 40.3. The van der Waals surface area contributed by atoms with Crippen LogP contribution >= 0.6 is 35.0 Å². The highest BCUT2D eigenvalue weighted by molar-refractivity contribution is 7.99. The van der Waals surface area contributed by atoms with E-state index in [0.717, 1.165) is 49.6 Å². The molecule has 41 heavy (non-hydrogen) atoms. The quantitative estimate of drug-likeness (QED) is 0.163. The van der Waals surface area contributed by atoms with Crippen molar-refractivity contribution in [3.8, 4) is 28.0 Å². The number of thioether (sulfide) groups is 1. The molecule has 0 bridgehead atoms. The molecule has 0 aliphatic carbocycles. The second-order valence-corrected chi connectivity index (χ2v) is 11.2. The zero-order valence-corrected chi connectivity index (χ0v) is 24.3. The number of hydrogen-bond acceptors (Lipinski definition) is 3. The maximum absolute atomic E-state index is 10.7. The first-order valence-electron chi connectivity index (χ1n) is 12.9. The highest BCUT2D eigenvalue weighted by Gasteiger charge is 2.09. The van der Waals surface area contributed by atoms with Crippen molar-refractivity contribution in [2.75, 3.05) is 12.4 Å². The molecule has 6 heteroatoms. The van der Waals surface area contributed by atoms with Crippen LogP contribution in [0.15, 0.2) is 132 Å². The van der Waals surface area contributed by atoms with Crippen molar-refractivity contribution in [2.45, 2.75) is 4.90 Å². The molecular weight excluding hydrogens is 571 g/mol. The molecule has 0 atom stereocenters. The Kier molecular flexibility index (Phi) is 9.48. The van der Waals surface area contributed by atoms with Gasteiger partial charge in [-0.1, -0.05) is 102 Å². The lowest BCUT2D eigenvalue weighted by molar-refractivity contribution is -0.139. The van der Waals surface area contributed by atoms with Crippen LogP contribution in [0.25, 0.3) is 27.8 Å². The number of carbonyl (C=O) groups is 1. The minimum atomic E-state index is -0.998. The number of rotatable bonds is 10. The molecule has 0 spiro atoms. The van der Waals surface area contributed by atoms with Gasteiger partial charge in [-0.15, -0.1) is 11.8 Å². The minimum Gasteiger partial charge on any atom is -0.482 e. The summed E-state index contributed by atoms with van der Waals surface area (Å²) < 4.78 is 5.24. The van der Waals surface area contributed by atoms with E-state index in [2.05, 4.69) is 66.7 Å². The standard InChI is InChI=1S/C35H26Cl2O3S/c36-30-5-1-3-28(21-30)24-7-11-26(12-8-24)34(19-20-41-33-17-15-32(16-18-33)40-23-35(38)39)27-13-9-25(10-14-27)29-4-2-6-31(37)22-29/h1-19,21-22H,20,23H2,(H,38,39). The van der Waals surface area contributed by atoms with Crippen molar-refractivity contribution in [1.29, 1.82) is 0 Å². The normalized spacial score (nSPS) is 10.7. The van der Waals surface area contributed by atoms with Crippen molar-refractivity contribution in [2.24, 2.45) is 0 Å². The van der Waals surface area contributed by atoms with E-state index >= 15 is 0 Å². The molecule has 204 valence electrons. The molecule has 0 aromatic heterocycles. The number of benzene rings is 5. The van der Waals surface area contributed by atoms with Crippen molar-refractivity contribution < 1.29 is 14.6 Å². The van der Waals surface area contributed by atoms with Gasteiger partial charge >= 0.3 is 5.97 Å². The zero-order chi connectivity index (χ0) is 28.6. The smallest absolute Gasteiger partial charge is 0.341 e. The van der Waals surface area contributed by atoms with Crippen LogP contribution in [0.4, 0.5) is 0 Å². The fourth-order valence-electron chi connectivity index (χ4n) is 4.42. The van der Waals surface area contributed by atoms with E-state index in [1.807, 2.05) is 48.5 Å². The molecule has 0 radical (unpaired) electrons. The Morgan fingerprint density at radius 2 is 1.20 bits per heavy atom. The molecule has 5 aromatic carbocycles. The topological polar surface area (TPSA) is 46.5 Å². The van der Waals surface area contributed by atoms with Crippen LogP contribution in [0.2, 0.25) is 10.0 Å². The van der Waals surface area contributed by atoms with Crippen LogP contribution in [0, 0.1) is 0 Å². The lowest BCUT2D eigenvalue weighted by Gasteiger charge is -2.12. The second-order valence-electron chi connectivity index (χ2n) is 9.26. The number of carboxylic acids is 1. The molecule has 0 amide bonds. The molecule has 0 unspecified atom stereocenters. The first-order chi connectivity index (χ1) is 19.9. The molecular formula is C35H26Cl2O3S. The van der Waals surface area contributed by atoms with Gasteiger partial charge in [-0.05, 0) is 87.5 Å². The fraction of sp³-hybridized carbons (Fsp3) is 0.0571. The van der Waals surface area contributed by atoms with Gasteiger partial charge in [-0.2, -0.15) is 0 Å².